The van der Waals surface area contributed by atoms with Crippen molar-refractivity contribution in [1.29, 1.82) is 0 Å². The van der Waals surface area contributed by atoms with Gasteiger partial charge in [-0.15, -0.1) is 0 Å². The van der Waals surface area contributed by atoms with Gasteiger partial charge >= 0.3 is 0 Å². The summed E-state index contributed by atoms with van der Waals surface area (Å²) in [6.07, 6.45) is 2.75. The summed E-state index contributed by atoms with van der Waals surface area (Å²) in [5.41, 5.74) is 5.46. The van der Waals surface area contributed by atoms with Crippen molar-refractivity contribution in [2.75, 3.05) is 6.54 Å². The second-order valence-corrected chi connectivity index (χ2v) is 6.67. The maximum absolute atomic E-state index is 12.2. The van der Waals surface area contributed by atoms with E-state index in [4.69, 9.17) is 5.73 Å². The summed E-state index contributed by atoms with van der Waals surface area (Å²) in [6.45, 7) is 0.218. The largest absolute Gasteiger partial charge is 0.327 e. The first-order valence-electron chi connectivity index (χ1n) is 6.40. The first-order chi connectivity index (χ1) is 9.42. The van der Waals surface area contributed by atoms with Crippen LogP contribution in [-0.4, -0.2) is 25.9 Å². The van der Waals surface area contributed by atoms with Gasteiger partial charge in [0.25, 0.3) is 5.69 Å². The lowest BCUT2D eigenvalue weighted by atomic mass is 10.1. The molecule has 3 N–H and O–H groups in total. The molecular weight excluding hydrogens is 282 g/mol. The molecule has 0 heterocycles. The molecule has 8 heteroatoms. The van der Waals surface area contributed by atoms with Gasteiger partial charge in [0.05, 0.1) is 4.92 Å². The summed E-state index contributed by atoms with van der Waals surface area (Å²) < 4.78 is 26.8. The Labute approximate surface area is 117 Å². The average molecular weight is 299 g/mol. The number of nitrogens with two attached hydrogens (primary N) is 1. The van der Waals surface area contributed by atoms with Crippen LogP contribution in [0.2, 0.25) is 0 Å². The number of nitro benzene ring substituents is 1. The normalized spacial score (nSPS) is 22.9. The van der Waals surface area contributed by atoms with Gasteiger partial charge < -0.3 is 5.73 Å². The summed E-state index contributed by atoms with van der Waals surface area (Å²) in [6, 6.07) is 5.29. The predicted molar refractivity (Wildman–Crippen MR) is 73.6 cm³/mol. The van der Waals surface area contributed by atoms with Gasteiger partial charge in [0.2, 0.25) is 10.0 Å². The van der Waals surface area contributed by atoms with E-state index in [1.807, 2.05) is 0 Å². The molecule has 1 aromatic carbocycles. The summed E-state index contributed by atoms with van der Waals surface area (Å²) in [4.78, 5) is 9.87. The number of para-hydroxylation sites is 1. The van der Waals surface area contributed by atoms with E-state index in [1.165, 1.54) is 24.3 Å². The Kier molecular flexibility index (Phi) is 4.36. The zero-order valence-electron chi connectivity index (χ0n) is 10.9. The Balaban J connectivity index is 2.16. The fourth-order valence-electron chi connectivity index (χ4n) is 2.45. The predicted octanol–water partition coefficient (Wildman–Crippen LogP) is 1.00. The zero-order chi connectivity index (χ0) is 14.8. The van der Waals surface area contributed by atoms with Crippen molar-refractivity contribution in [3.63, 3.8) is 0 Å². The highest BCUT2D eigenvalue weighted by Crippen LogP contribution is 2.25. The van der Waals surface area contributed by atoms with E-state index in [2.05, 4.69) is 4.72 Å². The molecule has 0 amide bonds. The van der Waals surface area contributed by atoms with E-state index in [0.29, 0.717) is 0 Å². The lowest BCUT2D eigenvalue weighted by Crippen LogP contribution is -2.36. The van der Waals surface area contributed by atoms with Crippen LogP contribution in [0.4, 0.5) is 5.69 Å². The topological polar surface area (TPSA) is 115 Å². The molecule has 2 atom stereocenters. The number of rotatable bonds is 5. The number of nitrogens with one attached hydrogen (secondary N) is 1. The molecule has 2 unspecified atom stereocenters. The van der Waals surface area contributed by atoms with Gasteiger partial charge in [-0.25, -0.2) is 13.1 Å². The summed E-state index contributed by atoms with van der Waals surface area (Å²) in [5.74, 6) is 0.0903. The van der Waals surface area contributed by atoms with Gasteiger partial charge in [0.15, 0.2) is 4.90 Å². The molecule has 0 radical (unpaired) electrons. The third-order valence-electron chi connectivity index (χ3n) is 3.60. The zero-order valence-corrected chi connectivity index (χ0v) is 11.7. The SMILES string of the molecule is NC1CCCC1CNS(=O)(=O)c1ccccc1[N+](=O)[O-]. The molecule has 0 aliphatic heterocycles. The van der Waals surface area contributed by atoms with Crippen LogP contribution in [0.5, 0.6) is 0 Å². The first-order valence-corrected chi connectivity index (χ1v) is 7.89. The minimum Gasteiger partial charge on any atom is -0.327 e. The van der Waals surface area contributed by atoms with E-state index < -0.39 is 20.6 Å². The molecule has 1 fully saturated rings. The van der Waals surface area contributed by atoms with Crippen molar-refractivity contribution in [1.82, 2.24) is 4.72 Å². The summed E-state index contributed by atoms with van der Waals surface area (Å²) in [5, 5.41) is 10.9. The summed E-state index contributed by atoms with van der Waals surface area (Å²) in [7, 11) is -3.89. The van der Waals surface area contributed by atoms with Crippen LogP contribution in [0.25, 0.3) is 0 Å². The van der Waals surface area contributed by atoms with Crippen LogP contribution in [0.3, 0.4) is 0 Å². The van der Waals surface area contributed by atoms with Crippen LogP contribution < -0.4 is 10.5 Å². The van der Waals surface area contributed by atoms with E-state index in [0.717, 1.165) is 19.3 Å². The summed E-state index contributed by atoms with van der Waals surface area (Å²) >= 11 is 0. The Morgan fingerprint density at radius 3 is 2.65 bits per heavy atom. The number of sulfonamides is 1. The van der Waals surface area contributed by atoms with E-state index in [-0.39, 0.29) is 23.4 Å². The number of benzene rings is 1. The van der Waals surface area contributed by atoms with Crippen LogP contribution >= 0.6 is 0 Å². The third-order valence-corrected chi connectivity index (χ3v) is 5.08. The average Bonchev–Trinajstić information content (AvgIpc) is 2.82. The molecule has 20 heavy (non-hydrogen) atoms. The van der Waals surface area contributed by atoms with Gasteiger partial charge in [-0.1, -0.05) is 18.6 Å². The van der Waals surface area contributed by atoms with Gasteiger partial charge in [-0.05, 0) is 24.8 Å². The third kappa shape index (κ3) is 3.14. The van der Waals surface area contributed by atoms with Crippen molar-refractivity contribution in [2.24, 2.45) is 11.7 Å². The number of nitro groups is 1. The first kappa shape index (κ1) is 14.9. The molecule has 2 rings (SSSR count). The van der Waals surface area contributed by atoms with Crippen LogP contribution in [-0.2, 0) is 10.0 Å². The Bertz CT molecular complexity index is 602. The highest BCUT2D eigenvalue weighted by molar-refractivity contribution is 7.89. The molecule has 1 aliphatic rings. The Morgan fingerprint density at radius 2 is 2.05 bits per heavy atom. The molecule has 110 valence electrons. The highest BCUT2D eigenvalue weighted by Gasteiger charge is 2.28. The van der Waals surface area contributed by atoms with Crippen LogP contribution in [0.1, 0.15) is 19.3 Å². The molecular formula is C12H17N3O4S. The number of hydrogen-bond acceptors (Lipinski definition) is 5. The van der Waals surface area contributed by atoms with Crippen molar-refractivity contribution in [3.05, 3.63) is 34.4 Å². The Hall–Kier alpha value is -1.51. The van der Waals surface area contributed by atoms with Gasteiger partial charge in [0.1, 0.15) is 0 Å². The molecule has 1 saturated carbocycles. The minimum atomic E-state index is -3.89. The van der Waals surface area contributed by atoms with Crippen molar-refractivity contribution in [3.8, 4) is 0 Å². The van der Waals surface area contributed by atoms with Gasteiger partial charge in [0, 0.05) is 18.7 Å². The quantitative estimate of drug-likeness (QED) is 0.621. The lowest BCUT2D eigenvalue weighted by molar-refractivity contribution is -0.387. The highest BCUT2D eigenvalue weighted by atomic mass is 32.2. The van der Waals surface area contributed by atoms with E-state index in [9.17, 15) is 18.5 Å². The molecule has 0 spiro atoms. The smallest absolute Gasteiger partial charge is 0.289 e. The maximum Gasteiger partial charge on any atom is 0.289 e. The lowest BCUT2D eigenvalue weighted by Gasteiger charge is -2.16. The fourth-order valence-corrected chi connectivity index (χ4v) is 3.71. The maximum atomic E-state index is 12.2. The monoisotopic (exact) mass is 299 g/mol. The Morgan fingerprint density at radius 1 is 1.35 bits per heavy atom. The van der Waals surface area contributed by atoms with Crippen molar-refractivity contribution < 1.29 is 13.3 Å². The number of hydrogen-bond donors (Lipinski definition) is 2. The standard InChI is InChI=1S/C12H17N3O4S/c13-10-5-3-4-9(10)8-14-20(18,19)12-7-2-1-6-11(12)15(16)17/h1-2,6-7,9-10,14H,3-5,8,13H2. The van der Waals surface area contributed by atoms with E-state index in [1.54, 1.807) is 0 Å². The molecule has 1 aromatic rings. The van der Waals surface area contributed by atoms with Crippen molar-refractivity contribution in [2.45, 2.75) is 30.2 Å². The molecule has 0 bridgehead atoms. The second-order valence-electron chi connectivity index (χ2n) is 4.93. The second kappa shape index (κ2) is 5.86. The van der Waals surface area contributed by atoms with Crippen molar-refractivity contribution >= 4 is 15.7 Å². The molecule has 0 saturated heterocycles. The van der Waals surface area contributed by atoms with Crippen LogP contribution in [0, 0.1) is 16.0 Å². The minimum absolute atomic E-state index is 0.0107. The fraction of sp³-hybridized carbons (Fsp3) is 0.500. The van der Waals surface area contributed by atoms with Crippen LogP contribution in [0.15, 0.2) is 29.2 Å². The number of nitrogens with zero attached hydrogens (tertiary/aromatic N) is 1. The molecule has 0 aromatic heterocycles. The molecule has 7 nitrogen and oxygen atoms in total. The van der Waals surface area contributed by atoms with Gasteiger partial charge in [-0.3, -0.25) is 10.1 Å². The van der Waals surface area contributed by atoms with Gasteiger partial charge in [-0.2, -0.15) is 0 Å². The molecule has 1 aliphatic carbocycles. The van der Waals surface area contributed by atoms with E-state index >= 15 is 0 Å².